The van der Waals surface area contributed by atoms with Crippen LogP contribution in [0.2, 0.25) is 0 Å². The number of hydrogen-bond acceptors (Lipinski definition) is 1. The van der Waals surface area contributed by atoms with Crippen molar-refractivity contribution < 1.29 is 19.5 Å². The molecule has 3 heteroatoms. The van der Waals surface area contributed by atoms with Crippen LogP contribution in [0.3, 0.4) is 0 Å². The van der Waals surface area contributed by atoms with Gasteiger partial charge in [-0.15, -0.1) is 12.4 Å². The van der Waals surface area contributed by atoms with Crippen LogP contribution in [0.25, 0.3) is 0 Å². The van der Waals surface area contributed by atoms with Crippen molar-refractivity contribution in [3.05, 3.63) is 30.6 Å². The van der Waals surface area contributed by atoms with Gasteiger partial charge in [0.05, 0.1) is 0 Å². The zero-order valence-corrected chi connectivity index (χ0v) is 8.16. The minimum absolute atomic E-state index is 0. The molecule has 0 bridgehead atoms. The molecule has 0 spiro atoms. The zero-order valence-electron chi connectivity index (χ0n) is 4.37. The van der Waals surface area contributed by atoms with Crippen LogP contribution >= 0.6 is 12.4 Å². The summed E-state index contributed by atoms with van der Waals surface area (Å²) in [5, 5.41) is 0. The second-order valence-electron chi connectivity index (χ2n) is 0.959. The Hall–Kier alpha value is 0.0634. The van der Waals surface area contributed by atoms with E-state index in [0.29, 0.717) is 0 Å². The van der Waals surface area contributed by atoms with Crippen molar-refractivity contribution in [2.75, 3.05) is 0 Å². The van der Waals surface area contributed by atoms with Crippen molar-refractivity contribution in [1.82, 2.24) is 4.98 Å². The van der Waals surface area contributed by atoms with Gasteiger partial charge in [0.1, 0.15) is 0 Å². The largest absolute Gasteiger partial charge is 0.394 e. The van der Waals surface area contributed by atoms with Crippen LogP contribution in [-0.4, -0.2) is 4.98 Å². The molecule has 1 heterocycles. The summed E-state index contributed by atoms with van der Waals surface area (Å²) < 4.78 is 0. The number of aromatic nitrogens is 1. The maximum Gasteiger partial charge on any atom is 0 e. The summed E-state index contributed by atoms with van der Waals surface area (Å²) in [5.74, 6) is 0. The summed E-state index contributed by atoms with van der Waals surface area (Å²) in [7, 11) is 0. The summed E-state index contributed by atoms with van der Waals surface area (Å²) in [6.45, 7) is 0. The molecule has 0 aliphatic heterocycles. The Bertz CT molecular complexity index is 84.4. The van der Waals surface area contributed by atoms with Crippen molar-refractivity contribution in [3.63, 3.8) is 0 Å². The predicted octanol–water partition coefficient (Wildman–Crippen LogP) is 1.30. The molecule has 1 rings (SSSR count). The standard InChI is InChI=1S/C5H4N.ClH.Zn/c1-2-4-6-5-3-1;;/h1-4H;1H;/q-1;;. The van der Waals surface area contributed by atoms with Crippen LogP contribution < -0.4 is 0 Å². The van der Waals surface area contributed by atoms with Gasteiger partial charge in [-0.05, 0) is 0 Å². The molecule has 8 heavy (non-hydrogen) atoms. The Balaban J connectivity index is 0. The van der Waals surface area contributed by atoms with E-state index in [9.17, 15) is 0 Å². The Morgan fingerprint density at radius 1 is 1.25 bits per heavy atom. The fraction of sp³-hybridized carbons (Fsp3) is 0. The first-order valence-electron chi connectivity index (χ1n) is 1.77. The van der Waals surface area contributed by atoms with Crippen molar-refractivity contribution in [2.24, 2.45) is 0 Å². The predicted molar refractivity (Wildman–Crippen MR) is 30.3 cm³/mol. The number of halogens is 1. The van der Waals surface area contributed by atoms with Crippen molar-refractivity contribution in [2.45, 2.75) is 0 Å². The van der Waals surface area contributed by atoms with Gasteiger partial charge in [-0.3, -0.25) is 0 Å². The van der Waals surface area contributed by atoms with E-state index in [4.69, 9.17) is 0 Å². The molecular formula is C5H5ClNZn-. The monoisotopic (exact) mass is 178 g/mol. The van der Waals surface area contributed by atoms with Gasteiger partial charge in [-0.2, -0.15) is 18.2 Å². The first kappa shape index (κ1) is 10.9. The van der Waals surface area contributed by atoms with E-state index in [0.717, 1.165) is 0 Å². The SMILES string of the molecule is Cl.[Zn].[c-]1ccccn1. The Morgan fingerprint density at radius 2 is 2.00 bits per heavy atom. The molecule has 0 N–H and O–H groups in total. The number of pyridine rings is 1. The molecule has 40 valence electrons. The third-order valence-corrected chi connectivity index (χ3v) is 0.517. The van der Waals surface area contributed by atoms with E-state index >= 15 is 0 Å². The van der Waals surface area contributed by atoms with E-state index in [1.165, 1.54) is 0 Å². The summed E-state index contributed by atoms with van der Waals surface area (Å²) >= 11 is 0. The van der Waals surface area contributed by atoms with Gasteiger partial charge in [0, 0.05) is 19.5 Å². The minimum atomic E-state index is 0. The van der Waals surface area contributed by atoms with Gasteiger partial charge < -0.3 is 4.98 Å². The fourth-order valence-corrected chi connectivity index (χ4v) is 0.277. The molecule has 1 aromatic rings. The average Bonchev–Trinajstić information content (AvgIpc) is 1.72. The van der Waals surface area contributed by atoms with E-state index in [1.54, 1.807) is 12.3 Å². The van der Waals surface area contributed by atoms with Crippen LogP contribution in [0, 0.1) is 6.20 Å². The van der Waals surface area contributed by atoms with E-state index in [1.807, 2.05) is 12.1 Å². The Kier molecular flexibility index (Phi) is 9.66. The molecule has 0 aliphatic carbocycles. The van der Waals surface area contributed by atoms with Crippen LogP contribution in [-0.2, 0) is 19.5 Å². The molecule has 0 atom stereocenters. The smallest absolute Gasteiger partial charge is 0 e. The molecule has 0 saturated carbocycles. The van der Waals surface area contributed by atoms with Crippen molar-refractivity contribution in [1.29, 1.82) is 0 Å². The first-order valence-corrected chi connectivity index (χ1v) is 1.77. The molecule has 0 amide bonds. The molecule has 1 nitrogen and oxygen atoms in total. The maximum atomic E-state index is 3.66. The molecule has 0 unspecified atom stereocenters. The minimum Gasteiger partial charge on any atom is -0.394 e. The summed E-state index contributed by atoms with van der Waals surface area (Å²) in [4.78, 5) is 3.66. The summed E-state index contributed by atoms with van der Waals surface area (Å²) in [6.07, 6.45) is 4.34. The van der Waals surface area contributed by atoms with E-state index in [-0.39, 0.29) is 31.9 Å². The Morgan fingerprint density at radius 3 is 2.12 bits per heavy atom. The molecule has 0 radical (unpaired) electrons. The van der Waals surface area contributed by atoms with Gasteiger partial charge in [0.15, 0.2) is 0 Å². The van der Waals surface area contributed by atoms with Crippen molar-refractivity contribution in [3.8, 4) is 0 Å². The third kappa shape index (κ3) is 4.23. The van der Waals surface area contributed by atoms with Gasteiger partial charge in [-0.25, -0.2) is 0 Å². The molecular weight excluding hydrogens is 175 g/mol. The molecule has 1 aromatic heterocycles. The maximum absolute atomic E-state index is 3.66. The third-order valence-electron chi connectivity index (χ3n) is 0.517. The quantitative estimate of drug-likeness (QED) is 0.433. The van der Waals surface area contributed by atoms with Gasteiger partial charge in [-0.1, -0.05) is 12.4 Å². The number of rotatable bonds is 0. The van der Waals surface area contributed by atoms with Crippen LogP contribution in [0.5, 0.6) is 0 Å². The topological polar surface area (TPSA) is 12.9 Å². The van der Waals surface area contributed by atoms with Crippen LogP contribution in [0.15, 0.2) is 24.4 Å². The Labute approximate surface area is 67.7 Å². The number of nitrogens with zero attached hydrogens (tertiary/aromatic N) is 1. The first-order chi connectivity index (χ1) is 3.00. The van der Waals surface area contributed by atoms with Crippen LogP contribution in [0.1, 0.15) is 0 Å². The van der Waals surface area contributed by atoms with E-state index < -0.39 is 0 Å². The molecule has 0 fully saturated rings. The van der Waals surface area contributed by atoms with Gasteiger partial charge in [0.2, 0.25) is 0 Å². The normalized spacial score (nSPS) is 6.00. The fourth-order valence-electron chi connectivity index (χ4n) is 0.277. The van der Waals surface area contributed by atoms with E-state index in [2.05, 4.69) is 11.2 Å². The summed E-state index contributed by atoms with van der Waals surface area (Å²) in [5.41, 5.74) is 0. The second-order valence-corrected chi connectivity index (χ2v) is 0.959. The van der Waals surface area contributed by atoms with Crippen LogP contribution in [0.4, 0.5) is 0 Å². The summed E-state index contributed by atoms with van der Waals surface area (Å²) in [6, 6.07) is 5.50. The van der Waals surface area contributed by atoms with Gasteiger partial charge in [0.25, 0.3) is 0 Å². The average molecular weight is 180 g/mol. The molecule has 0 aliphatic rings. The molecule has 0 saturated heterocycles. The van der Waals surface area contributed by atoms with Crippen molar-refractivity contribution >= 4 is 12.4 Å². The van der Waals surface area contributed by atoms with Gasteiger partial charge >= 0.3 is 0 Å². The molecule has 0 aromatic carbocycles. The second kappa shape index (κ2) is 7.06. The zero-order chi connectivity index (χ0) is 4.24. The number of hydrogen-bond donors (Lipinski definition) is 0.